The first-order chi connectivity index (χ1) is 8.11. The van der Waals surface area contributed by atoms with Gasteiger partial charge in [0.05, 0.1) is 6.07 Å². The highest BCUT2D eigenvalue weighted by Gasteiger charge is 2.34. The van der Waals surface area contributed by atoms with Crippen molar-refractivity contribution in [1.82, 2.24) is 4.90 Å². The van der Waals surface area contributed by atoms with Gasteiger partial charge < -0.3 is 4.90 Å². The number of fused-ring (bicyclic) bond motifs is 1. The molecule has 2 heteroatoms. The summed E-state index contributed by atoms with van der Waals surface area (Å²) in [6, 6.07) is 2.27. The molecule has 2 aliphatic rings. The first kappa shape index (κ1) is 12.6. The molecule has 1 saturated heterocycles. The molecule has 17 heavy (non-hydrogen) atoms. The number of allylic oxidation sites excluding steroid dienone is 2. The van der Waals surface area contributed by atoms with Crippen molar-refractivity contribution in [3.8, 4) is 6.07 Å². The summed E-state index contributed by atoms with van der Waals surface area (Å²) in [6.07, 6.45) is 8.97. The Balaban J connectivity index is 1.83. The summed E-state index contributed by atoms with van der Waals surface area (Å²) in [4.78, 5) is 2.62. The summed E-state index contributed by atoms with van der Waals surface area (Å²) in [5, 5.41) is 8.69. The van der Waals surface area contributed by atoms with Crippen LogP contribution in [0.15, 0.2) is 12.2 Å². The van der Waals surface area contributed by atoms with E-state index in [1.807, 2.05) is 0 Å². The third-order valence-electron chi connectivity index (χ3n) is 4.26. The van der Waals surface area contributed by atoms with Crippen molar-refractivity contribution in [1.29, 1.82) is 5.26 Å². The second-order valence-electron chi connectivity index (χ2n) is 6.48. The number of rotatable bonds is 4. The number of hydrogen-bond acceptors (Lipinski definition) is 2. The quantitative estimate of drug-likeness (QED) is 0.696. The van der Waals surface area contributed by atoms with E-state index in [2.05, 4.69) is 37.0 Å². The van der Waals surface area contributed by atoms with Crippen LogP contribution in [0.2, 0.25) is 0 Å². The van der Waals surface area contributed by atoms with Crippen molar-refractivity contribution in [2.24, 2.45) is 17.3 Å². The van der Waals surface area contributed by atoms with Gasteiger partial charge in [-0.2, -0.15) is 5.26 Å². The van der Waals surface area contributed by atoms with E-state index in [0.717, 1.165) is 24.8 Å². The maximum absolute atomic E-state index is 8.69. The average Bonchev–Trinajstić information content (AvgIpc) is 2.67. The molecule has 1 fully saturated rings. The van der Waals surface area contributed by atoms with Gasteiger partial charge in [-0.25, -0.2) is 0 Å². The van der Waals surface area contributed by atoms with Gasteiger partial charge in [-0.3, -0.25) is 0 Å². The fraction of sp³-hybridized carbons (Fsp3) is 0.800. The highest BCUT2D eigenvalue weighted by molar-refractivity contribution is 5.00. The minimum absolute atomic E-state index is 0.288. The SMILES string of the molecule is CC(C)(CCC#N)CN1C[C@@H]2CC=CC[C@H]2C1. The van der Waals surface area contributed by atoms with Gasteiger partial charge in [-0.05, 0) is 36.5 Å². The van der Waals surface area contributed by atoms with Crippen LogP contribution in [0, 0.1) is 28.6 Å². The van der Waals surface area contributed by atoms with Crippen molar-refractivity contribution in [2.45, 2.75) is 39.5 Å². The third kappa shape index (κ3) is 3.33. The third-order valence-corrected chi connectivity index (χ3v) is 4.26. The van der Waals surface area contributed by atoms with Crippen LogP contribution in [-0.2, 0) is 0 Å². The van der Waals surface area contributed by atoms with E-state index < -0.39 is 0 Å². The van der Waals surface area contributed by atoms with E-state index >= 15 is 0 Å². The average molecular weight is 232 g/mol. The van der Waals surface area contributed by atoms with E-state index in [4.69, 9.17) is 5.26 Å². The molecule has 94 valence electrons. The van der Waals surface area contributed by atoms with E-state index in [-0.39, 0.29) is 5.41 Å². The molecule has 1 heterocycles. The van der Waals surface area contributed by atoms with Crippen LogP contribution < -0.4 is 0 Å². The highest BCUT2D eigenvalue weighted by Crippen LogP contribution is 2.35. The van der Waals surface area contributed by atoms with Crippen LogP contribution >= 0.6 is 0 Å². The molecule has 2 nitrogen and oxygen atoms in total. The minimum atomic E-state index is 0.288. The number of nitrogens with zero attached hydrogens (tertiary/aromatic N) is 2. The molecular weight excluding hydrogens is 208 g/mol. The Labute approximate surface area is 105 Å². The molecule has 2 atom stereocenters. The lowest BCUT2D eigenvalue weighted by Crippen LogP contribution is -2.33. The fourth-order valence-corrected chi connectivity index (χ4v) is 3.32. The Kier molecular flexibility index (Phi) is 3.89. The summed E-state index contributed by atoms with van der Waals surface area (Å²) in [7, 11) is 0. The van der Waals surface area contributed by atoms with Gasteiger partial charge in [-0.15, -0.1) is 0 Å². The molecule has 1 aliphatic heterocycles. The maximum Gasteiger partial charge on any atom is 0.0621 e. The normalized spacial score (nSPS) is 29.0. The van der Waals surface area contributed by atoms with E-state index in [9.17, 15) is 0 Å². The fourth-order valence-electron chi connectivity index (χ4n) is 3.32. The first-order valence-corrected chi connectivity index (χ1v) is 6.85. The van der Waals surface area contributed by atoms with Gasteiger partial charge in [0.25, 0.3) is 0 Å². The predicted molar refractivity (Wildman–Crippen MR) is 70.4 cm³/mol. The van der Waals surface area contributed by atoms with Gasteiger partial charge in [0, 0.05) is 26.1 Å². The molecule has 0 aromatic carbocycles. The monoisotopic (exact) mass is 232 g/mol. The topological polar surface area (TPSA) is 27.0 Å². The lowest BCUT2D eigenvalue weighted by atomic mass is 9.86. The lowest BCUT2D eigenvalue weighted by molar-refractivity contribution is 0.192. The minimum Gasteiger partial charge on any atom is -0.302 e. The standard InChI is InChI=1S/C15H24N2/c1-15(2,8-5-9-16)12-17-10-13-6-3-4-7-14(13)11-17/h3-4,13-14H,5-8,10-12H2,1-2H3/t13-,14-/m0/s1. The largest absolute Gasteiger partial charge is 0.302 e. The zero-order chi connectivity index (χ0) is 12.3. The molecule has 0 aromatic heterocycles. The smallest absolute Gasteiger partial charge is 0.0621 e. The molecule has 0 amide bonds. The summed E-state index contributed by atoms with van der Waals surface area (Å²) < 4.78 is 0. The zero-order valence-corrected chi connectivity index (χ0v) is 11.2. The summed E-state index contributed by atoms with van der Waals surface area (Å²) in [5.41, 5.74) is 0.288. The Morgan fingerprint density at radius 2 is 1.82 bits per heavy atom. The van der Waals surface area contributed by atoms with Crippen LogP contribution in [0.5, 0.6) is 0 Å². The van der Waals surface area contributed by atoms with Crippen LogP contribution in [0.3, 0.4) is 0 Å². The molecule has 0 spiro atoms. The summed E-state index contributed by atoms with van der Waals surface area (Å²) in [5.74, 6) is 1.79. The molecule has 0 N–H and O–H groups in total. The predicted octanol–water partition coefficient (Wildman–Crippen LogP) is 3.21. The summed E-state index contributed by atoms with van der Waals surface area (Å²) >= 11 is 0. The van der Waals surface area contributed by atoms with Gasteiger partial charge in [0.15, 0.2) is 0 Å². The molecule has 0 bridgehead atoms. The molecule has 0 aromatic rings. The van der Waals surface area contributed by atoms with Crippen molar-refractivity contribution in [3.63, 3.8) is 0 Å². The Morgan fingerprint density at radius 3 is 2.35 bits per heavy atom. The molecule has 0 unspecified atom stereocenters. The van der Waals surface area contributed by atoms with Crippen molar-refractivity contribution >= 4 is 0 Å². The maximum atomic E-state index is 8.69. The Morgan fingerprint density at radius 1 is 1.24 bits per heavy atom. The van der Waals surface area contributed by atoms with Crippen LogP contribution in [0.1, 0.15) is 39.5 Å². The van der Waals surface area contributed by atoms with E-state index in [1.54, 1.807) is 0 Å². The van der Waals surface area contributed by atoms with Crippen molar-refractivity contribution in [3.05, 3.63) is 12.2 Å². The molecule has 0 saturated carbocycles. The molecular formula is C15H24N2. The zero-order valence-electron chi connectivity index (χ0n) is 11.2. The molecule has 2 rings (SSSR count). The van der Waals surface area contributed by atoms with E-state index in [1.165, 1.54) is 25.9 Å². The van der Waals surface area contributed by atoms with Gasteiger partial charge in [0.1, 0.15) is 0 Å². The van der Waals surface area contributed by atoms with E-state index in [0.29, 0.717) is 6.42 Å². The number of hydrogen-bond donors (Lipinski definition) is 0. The van der Waals surface area contributed by atoms with Gasteiger partial charge in [-0.1, -0.05) is 26.0 Å². The molecule has 0 radical (unpaired) electrons. The molecule has 1 aliphatic carbocycles. The Hall–Kier alpha value is -0.810. The van der Waals surface area contributed by atoms with Crippen molar-refractivity contribution < 1.29 is 0 Å². The highest BCUT2D eigenvalue weighted by atomic mass is 15.2. The van der Waals surface area contributed by atoms with Gasteiger partial charge >= 0.3 is 0 Å². The summed E-state index contributed by atoms with van der Waals surface area (Å²) in [6.45, 7) is 8.28. The van der Waals surface area contributed by atoms with Gasteiger partial charge in [0.2, 0.25) is 0 Å². The lowest BCUT2D eigenvalue weighted by Gasteiger charge is -2.29. The van der Waals surface area contributed by atoms with Crippen molar-refractivity contribution in [2.75, 3.05) is 19.6 Å². The number of likely N-dealkylation sites (tertiary alicyclic amines) is 1. The second kappa shape index (κ2) is 5.23. The van der Waals surface area contributed by atoms with Crippen LogP contribution in [0.25, 0.3) is 0 Å². The van der Waals surface area contributed by atoms with Crippen LogP contribution in [-0.4, -0.2) is 24.5 Å². The number of nitriles is 1. The Bertz CT molecular complexity index is 308. The second-order valence-corrected chi connectivity index (χ2v) is 6.48. The van der Waals surface area contributed by atoms with Crippen LogP contribution in [0.4, 0.5) is 0 Å². The first-order valence-electron chi connectivity index (χ1n) is 6.85.